The zero-order chi connectivity index (χ0) is 19.3. The summed E-state index contributed by atoms with van der Waals surface area (Å²) in [5.41, 5.74) is 6.43. The number of nitrogens with zero attached hydrogens (tertiary/aromatic N) is 1. The minimum Gasteiger partial charge on any atom is -0.493 e. The Bertz CT molecular complexity index is 812. The summed E-state index contributed by atoms with van der Waals surface area (Å²) >= 11 is 0. The van der Waals surface area contributed by atoms with E-state index >= 15 is 0 Å². The molecule has 0 aliphatic heterocycles. The fraction of sp³-hybridized carbons (Fsp3) is 0.222. The lowest BCUT2D eigenvalue weighted by atomic mass is 10.1. The molecule has 0 atom stereocenters. The van der Waals surface area contributed by atoms with Crippen LogP contribution in [0.5, 0.6) is 11.5 Å². The molecule has 0 aliphatic carbocycles. The predicted molar refractivity (Wildman–Crippen MR) is 90.4 cm³/mol. The second kappa shape index (κ2) is 8.28. The monoisotopic (exact) mass is 364 g/mol. The number of hydrogen-bond donors (Lipinski definition) is 1. The van der Waals surface area contributed by atoms with E-state index in [1.54, 1.807) is 25.2 Å². The highest BCUT2D eigenvalue weighted by molar-refractivity contribution is 5.98. The van der Waals surface area contributed by atoms with E-state index < -0.39 is 12.5 Å². The van der Waals surface area contributed by atoms with Crippen molar-refractivity contribution in [2.45, 2.75) is 13.2 Å². The molecule has 0 heterocycles. The van der Waals surface area contributed by atoms with Crippen molar-refractivity contribution >= 4 is 11.8 Å². The van der Waals surface area contributed by atoms with Crippen LogP contribution in [-0.4, -0.2) is 37.5 Å². The number of ether oxygens (including phenoxy) is 2. The molecule has 0 aliphatic rings. The van der Waals surface area contributed by atoms with Gasteiger partial charge >= 0.3 is 6.61 Å². The fourth-order valence-electron chi connectivity index (χ4n) is 2.38. The van der Waals surface area contributed by atoms with E-state index in [-0.39, 0.29) is 29.5 Å². The third kappa shape index (κ3) is 4.69. The lowest BCUT2D eigenvalue weighted by Crippen LogP contribution is -2.26. The highest BCUT2D eigenvalue weighted by Crippen LogP contribution is 2.29. The van der Waals surface area contributed by atoms with Crippen molar-refractivity contribution < 1.29 is 27.8 Å². The van der Waals surface area contributed by atoms with Crippen LogP contribution < -0.4 is 15.2 Å². The maximum absolute atomic E-state index is 12.5. The van der Waals surface area contributed by atoms with Gasteiger partial charge in [0.2, 0.25) is 5.91 Å². The largest absolute Gasteiger partial charge is 0.493 e. The van der Waals surface area contributed by atoms with Crippen molar-refractivity contribution in [2.75, 3.05) is 14.2 Å². The van der Waals surface area contributed by atoms with Gasteiger partial charge in [0.05, 0.1) is 7.11 Å². The Hall–Kier alpha value is -3.16. The van der Waals surface area contributed by atoms with Gasteiger partial charge in [-0.15, -0.1) is 0 Å². The number of halogens is 2. The summed E-state index contributed by atoms with van der Waals surface area (Å²) in [7, 11) is 2.91. The van der Waals surface area contributed by atoms with Crippen LogP contribution in [-0.2, 0) is 6.54 Å². The van der Waals surface area contributed by atoms with Crippen LogP contribution >= 0.6 is 0 Å². The highest BCUT2D eigenvalue weighted by atomic mass is 19.3. The molecule has 2 amide bonds. The molecule has 6 nitrogen and oxygen atoms in total. The maximum atomic E-state index is 12.5. The minimum atomic E-state index is -2.96. The van der Waals surface area contributed by atoms with Crippen LogP contribution in [0.15, 0.2) is 42.5 Å². The van der Waals surface area contributed by atoms with E-state index in [2.05, 4.69) is 4.74 Å². The van der Waals surface area contributed by atoms with E-state index in [0.717, 1.165) is 0 Å². The SMILES string of the molecule is COc1cc(CN(C)C(=O)c2cccc(C(N)=O)c2)ccc1OC(F)F. The van der Waals surface area contributed by atoms with Crippen molar-refractivity contribution in [3.8, 4) is 11.5 Å². The number of carbonyl (C=O) groups excluding carboxylic acids is 2. The van der Waals surface area contributed by atoms with E-state index in [0.29, 0.717) is 11.1 Å². The smallest absolute Gasteiger partial charge is 0.387 e. The quantitative estimate of drug-likeness (QED) is 0.819. The molecule has 0 saturated carbocycles. The number of amides is 2. The summed E-state index contributed by atoms with van der Waals surface area (Å²) in [5.74, 6) is -0.893. The van der Waals surface area contributed by atoms with Gasteiger partial charge in [-0.1, -0.05) is 12.1 Å². The van der Waals surface area contributed by atoms with Crippen LogP contribution in [0.25, 0.3) is 0 Å². The van der Waals surface area contributed by atoms with Gasteiger partial charge in [-0.3, -0.25) is 9.59 Å². The molecule has 2 aromatic carbocycles. The Kier molecular flexibility index (Phi) is 6.11. The fourth-order valence-corrected chi connectivity index (χ4v) is 2.38. The first kappa shape index (κ1) is 19.2. The Morgan fingerprint density at radius 2 is 1.81 bits per heavy atom. The Balaban J connectivity index is 2.16. The summed E-state index contributed by atoms with van der Waals surface area (Å²) in [5, 5.41) is 0. The van der Waals surface area contributed by atoms with E-state index in [9.17, 15) is 18.4 Å². The highest BCUT2D eigenvalue weighted by Gasteiger charge is 2.16. The summed E-state index contributed by atoms with van der Waals surface area (Å²) in [4.78, 5) is 25.2. The number of benzene rings is 2. The number of hydrogen-bond acceptors (Lipinski definition) is 4. The summed E-state index contributed by atoms with van der Waals surface area (Å²) in [6.07, 6.45) is 0. The summed E-state index contributed by atoms with van der Waals surface area (Å²) in [6, 6.07) is 10.5. The van der Waals surface area contributed by atoms with Gasteiger partial charge < -0.3 is 20.1 Å². The number of methoxy groups -OCH3 is 1. The van der Waals surface area contributed by atoms with Crippen LogP contribution in [0.4, 0.5) is 8.78 Å². The Morgan fingerprint density at radius 3 is 2.42 bits per heavy atom. The Morgan fingerprint density at radius 1 is 1.12 bits per heavy atom. The Labute approximate surface area is 149 Å². The van der Waals surface area contributed by atoms with Gasteiger partial charge in [-0.25, -0.2) is 0 Å². The predicted octanol–water partition coefficient (Wildman–Crippen LogP) is 2.67. The number of rotatable bonds is 7. The van der Waals surface area contributed by atoms with Crippen molar-refractivity contribution in [3.05, 3.63) is 59.2 Å². The standard InChI is InChI=1S/C18H18F2N2O4/c1-22(17(24)13-5-3-4-12(9-13)16(21)23)10-11-6-7-14(26-18(19)20)15(8-11)25-2/h3-9,18H,10H2,1-2H3,(H2,21,23). The third-order valence-corrected chi connectivity index (χ3v) is 3.60. The molecule has 2 aromatic rings. The van der Waals surface area contributed by atoms with Crippen molar-refractivity contribution in [1.82, 2.24) is 4.90 Å². The topological polar surface area (TPSA) is 81.9 Å². The van der Waals surface area contributed by atoms with Gasteiger partial charge in [-0.2, -0.15) is 8.78 Å². The van der Waals surface area contributed by atoms with E-state index in [4.69, 9.17) is 10.5 Å². The minimum absolute atomic E-state index is 0.0885. The molecule has 0 aromatic heterocycles. The van der Waals surface area contributed by atoms with E-state index in [1.165, 1.54) is 36.3 Å². The third-order valence-electron chi connectivity index (χ3n) is 3.60. The van der Waals surface area contributed by atoms with Crippen LogP contribution in [0, 0.1) is 0 Å². The van der Waals surface area contributed by atoms with Crippen LogP contribution in [0.1, 0.15) is 26.3 Å². The molecule has 0 bridgehead atoms. The van der Waals surface area contributed by atoms with Gasteiger partial charge in [0.25, 0.3) is 5.91 Å². The first-order valence-electron chi connectivity index (χ1n) is 7.59. The molecule has 2 N–H and O–H groups in total. The summed E-state index contributed by atoms with van der Waals surface area (Å²) < 4.78 is 34.1. The van der Waals surface area contributed by atoms with Gasteiger partial charge in [0, 0.05) is 24.7 Å². The number of carbonyl (C=O) groups is 2. The first-order chi connectivity index (χ1) is 12.3. The molecule has 0 saturated heterocycles. The number of primary amides is 1. The first-order valence-corrected chi connectivity index (χ1v) is 7.59. The molecule has 0 spiro atoms. The number of nitrogens with two attached hydrogens (primary N) is 1. The van der Waals surface area contributed by atoms with Crippen molar-refractivity contribution in [3.63, 3.8) is 0 Å². The zero-order valence-corrected chi connectivity index (χ0v) is 14.2. The van der Waals surface area contributed by atoms with Crippen molar-refractivity contribution in [2.24, 2.45) is 5.73 Å². The zero-order valence-electron chi connectivity index (χ0n) is 14.2. The average molecular weight is 364 g/mol. The van der Waals surface area contributed by atoms with Gasteiger partial charge in [0.15, 0.2) is 11.5 Å². The molecule has 0 unspecified atom stereocenters. The summed E-state index contributed by atoms with van der Waals surface area (Å²) in [6.45, 7) is -2.76. The maximum Gasteiger partial charge on any atom is 0.387 e. The van der Waals surface area contributed by atoms with Gasteiger partial charge in [-0.05, 0) is 35.9 Å². The molecular formula is C18H18F2N2O4. The molecule has 8 heteroatoms. The lowest BCUT2D eigenvalue weighted by Gasteiger charge is -2.19. The van der Waals surface area contributed by atoms with Crippen LogP contribution in [0.3, 0.4) is 0 Å². The van der Waals surface area contributed by atoms with Crippen molar-refractivity contribution in [1.29, 1.82) is 0 Å². The normalized spacial score (nSPS) is 10.5. The molecule has 138 valence electrons. The molecule has 0 radical (unpaired) electrons. The molecular weight excluding hydrogens is 346 g/mol. The lowest BCUT2D eigenvalue weighted by molar-refractivity contribution is -0.0512. The second-order valence-corrected chi connectivity index (χ2v) is 5.47. The molecule has 0 fully saturated rings. The van der Waals surface area contributed by atoms with Gasteiger partial charge in [0.1, 0.15) is 0 Å². The average Bonchev–Trinajstić information content (AvgIpc) is 2.61. The van der Waals surface area contributed by atoms with Crippen LogP contribution in [0.2, 0.25) is 0 Å². The van der Waals surface area contributed by atoms with E-state index in [1.807, 2.05) is 0 Å². The second-order valence-electron chi connectivity index (χ2n) is 5.47. The molecule has 2 rings (SSSR count). The number of alkyl halides is 2. The molecule has 26 heavy (non-hydrogen) atoms.